The third kappa shape index (κ3) is 3.68. The number of para-hydroxylation sites is 2. The van der Waals surface area contributed by atoms with Gasteiger partial charge in [-0.2, -0.15) is 5.10 Å². The van der Waals surface area contributed by atoms with Crippen LogP contribution in [-0.2, 0) is 11.3 Å². The van der Waals surface area contributed by atoms with E-state index in [1.54, 1.807) is 24.4 Å². The molecule has 1 aromatic carbocycles. The van der Waals surface area contributed by atoms with E-state index in [0.29, 0.717) is 31.0 Å². The number of hydrogen-bond acceptors (Lipinski definition) is 5. The lowest BCUT2D eigenvalue weighted by molar-refractivity contribution is -0.130. The summed E-state index contributed by atoms with van der Waals surface area (Å²) in [5, 5.41) is 6.74. The summed E-state index contributed by atoms with van der Waals surface area (Å²) in [6, 6.07) is 10.3. The highest BCUT2D eigenvalue weighted by Gasteiger charge is 2.26. The smallest absolute Gasteiger partial charge is 0.266 e. The van der Waals surface area contributed by atoms with Crippen LogP contribution < -0.4 is 20.3 Å². The number of nitrogens with one attached hydrogen (secondary N) is 1. The maximum Gasteiger partial charge on any atom is 0.266 e. The summed E-state index contributed by atoms with van der Waals surface area (Å²) < 4.78 is 12.5. The highest BCUT2D eigenvalue weighted by Crippen LogP contribution is 2.30. The van der Waals surface area contributed by atoms with Gasteiger partial charge in [-0.05, 0) is 24.6 Å². The number of fused-ring (bicyclic) bond motifs is 1. The topological polar surface area (TPSA) is 82.5 Å². The average Bonchev–Trinajstić information content (AvgIpc) is 2.59. The van der Waals surface area contributed by atoms with Gasteiger partial charge in [-0.15, -0.1) is 0 Å². The summed E-state index contributed by atoms with van der Waals surface area (Å²) in [5.74, 6) is 0.984. The van der Waals surface area contributed by atoms with Crippen LogP contribution in [0.25, 0.3) is 0 Å². The van der Waals surface area contributed by atoms with Crippen LogP contribution in [-0.4, -0.2) is 34.9 Å². The van der Waals surface area contributed by atoms with Crippen LogP contribution in [0.15, 0.2) is 47.4 Å². The van der Waals surface area contributed by atoms with Crippen LogP contribution in [0.2, 0.25) is 0 Å². The fraction of sp³-hybridized carbons (Fsp3) is 0.312. The molecule has 0 bridgehead atoms. The van der Waals surface area contributed by atoms with Gasteiger partial charge in [0.25, 0.3) is 11.5 Å². The fourth-order valence-electron chi connectivity index (χ4n) is 2.26. The minimum absolute atomic E-state index is 0.153. The number of nitrogens with zero attached hydrogens (tertiary/aromatic N) is 2. The molecule has 23 heavy (non-hydrogen) atoms. The zero-order valence-corrected chi connectivity index (χ0v) is 12.5. The zero-order chi connectivity index (χ0) is 16.1. The molecule has 7 nitrogen and oxygen atoms in total. The SMILES string of the molecule is O=C(NCCCn1ncccc1=O)[C@H]1COc2ccccc2O1. The number of carbonyl (C=O) groups excluding carboxylic acids is 1. The van der Waals surface area contributed by atoms with Crippen molar-refractivity contribution in [3.63, 3.8) is 0 Å². The predicted octanol–water partition coefficient (Wildman–Crippen LogP) is 0.590. The van der Waals surface area contributed by atoms with Crippen LogP contribution in [0.4, 0.5) is 0 Å². The Hall–Kier alpha value is -2.83. The first-order valence-electron chi connectivity index (χ1n) is 7.42. The summed E-state index contributed by atoms with van der Waals surface area (Å²) in [7, 11) is 0. The summed E-state index contributed by atoms with van der Waals surface area (Å²) in [6.45, 7) is 1.07. The lowest BCUT2D eigenvalue weighted by Crippen LogP contribution is -2.44. The van der Waals surface area contributed by atoms with Gasteiger partial charge < -0.3 is 14.8 Å². The number of hydrogen-bond donors (Lipinski definition) is 1. The van der Waals surface area contributed by atoms with Crippen LogP contribution in [0.3, 0.4) is 0 Å². The average molecular weight is 315 g/mol. The van der Waals surface area contributed by atoms with Gasteiger partial charge in [0.05, 0.1) is 0 Å². The molecule has 3 rings (SSSR count). The molecule has 2 heterocycles. The largest absolute Gasteiger partial charge is 0.485 e. The van der Waals surface area contributed by atoms with E-state index in [4.69, 9.17) is 9.47 Å². The van der Waals surface area contributed by atoms with Crippen LogP contribution in [0.1, 0.15) is 6.42 Å². The Morgan fingerprint density at radius 3 is 2.91 bits per heavy atom. The van der Waals surface area contributed by atoms with E-state index in [1.807, 2.05) is 12.1 Å². The Bertz CT molecular complexity index is 744. The maximum absolute atomic E-state index is 12.1. The van der Waals surface area contributed by atoms with Crippen molar-refractivity contribution in [3.8, 4) is 11.5 Å². The number of aromatic nitrogens is 2. The number of aryl methyl sites for hydroxylation is 1. The second kappa shape index (κ2) is 6.95. The van der Waals surface area contributed by atoms with Gasteiger partial charge in [0.2, 0.25) is 6.10 Å². The van der Waals surface area contributed by atoms with E-state index in [-0.39, 0.29) is 18.1 Å². The number of ether oxygens (including phenoxy) is 2. The first kappa shape index (κ1) is 15.1. The Kier molecular flexibility index (Phi) is 4.56. The molecule has 1 aliphatic rings. The standard InChI is InChI=1S/C16H17N3O4/c20-15-7-3-9-18-19(15)10-4-8-17-16(21)14-11-22-12-5-1-2-6-13(12)23-14/h1-3,5-7,9,14H,4,8,10-11H2,(H,17,21)/t14-/m1/s1. The molecule has 0 spiro atoms. The van der Waals surface area contributed by atoms with Gasteiger partial charge in [0, 0.05) is 25.4 Å². The van der Waals surface area contributed by atoms with Crippen molar-refractivity contribution in [1.82, 2.24) is 15.1 Å². The Morgan fingerprint density at radius 2 is 2.09 bits per heavy atom. The molecule has 7 heteroatoms. The molecule has 1 amide bonds. The van der Waals surface area contributed by atoms with E-state index < -0.39 is 6.10 Å². The van der Waals surface area contributed by atoms with E-state index >= 15 is 0 Å². The third-order valence-corrected chi connectivity index (χ3v) is 3.43. The molecule has 0 saturated carbocycles. The van der Waals surface area contributed by atoms with E-state index in [1.165, 1.54) is 10.7 Å². The minimum Gasteiger partial charge on any atom is -0.485 e. The first-order valence-corrected chi connectivity index (χ1v) is 7.42. The Balaban J connectivity index is 1.45. The van der Waals surface area contributed by atoms with Crippen LogP contribution in [0, 0.1) is 0 Å². The van der Waals surface area contributed by atoms with Gasteiger partial charge in [-0.3, -0.25) is 9.59 Å². The van der Waals surface area contributed by atoms with E-state index in [0.717, 1.165) is 0 Å². The van der Waals surface area contributed by atoms with Crippen molar-refractivity contribution in [3.05, 3.63) is 52.9 Å². The van der Waals surface area contributed by atoms with Crippen LogP contribution in [0.5, 0.6) is 11.5 Å². The second-order valence-electron chi connectivity index (χ2n) is 5.09. The van der Waals surface area contributed by atoms with Gasteiger partial charge in [0.15, 0.2) is 11.5 Å². The summed E-state index contributed by atoms with van der Waals surface area (Å²) in [4.78, 5) is 23.6. The molecule has 120 valence electrons. The van der Waals surface area contributed by atoms with Crippen molar-refractivity contribution in [2.24, 2.45) is 0 Å². The normalized spacial score (nSPS) is 15.9. The van der Waals surface area contributed by atoms with Gasteiger partial charge in [-0.25, -0.2) is 4.68 Å². The number of rotatable bonds is 5. The lowest BCUT2D eigenvalue weighted by atomic mass is 10.2. The van der Waals surface area contributed by atoms with E-state index in [2.05, 4.69) is 10.4 Å². The van der Waals surface area contributed by atoms with Crippen molar-refractivity contribution in [2.75, 3.05) is 13.2 Å². The minimum atomic E-state index is -0.664. The molecule has 1 atom stereocenters. The molecular weight excluding hydrogens is 298 g/mol. The first-order chi connectivity index (χ1) is 11.2. The van der Waals surface area contributed by atoms with E-state index in [9.17, 15) is 9.59 Å². The van der Waals surface area contributed by atoms with Crippen molar-refractivity contribution in [2.45, 2.75) is 19.1 Å². The van der Waals surface area contributed by atoms with Crippen molar-refractivity contribution < 1.29 is 14.3 Å². The maximum atomic E-state index is 12.1. The summed E-state index contributed by atoms with van der Waals surface area (Å²) >= 11 is 0. The molecule has 1 aliphatic heterocycles. The number of carbonyl (C=O) groups is 1. The molecule has 0 radical (unpaired) electrons. The quantitative estimate of drug-likeness (QED) is 0.817. The predicted molar refractivity (Wildman–Crippen MR) is 82.5 cm³/mol. The van der Waals surface area contributed by atoms with Gasteiger partial charge in [-0.1, -0.05) is 12.1 Å². The third-order valence-electron chi connectivity index (χ3n) is 3.43. The molecular formula is C16H17N3O4. The molecule has 0 unspecified atom stereocenters. The van der Waals surface area contributed by atoms with Crippen LogP contribution >= 0.6 is 0 Å². The fourth-order valence-corrected chi connectivity index (χ4v) is 2.26. The van der Waals surface area contributed by atoms with Gasteiger partial charge in [0.1, 0.15) is 6.61 Å². The highest BCUT2D eigenvalue weighted by molar-refractivity contribution is 5.81. The van der Waals surface area contributed by atoms with Crippen molar-refractivity contribution >= 4 is 5.91 Å². The second-order valence-corrected chi connectivity index (χ2v) is 5.09. The number of benzene rings is 1. The monoisotopic (exact) mass is 315 g/mol. The number of amides is 1. The molecule has 1 aromatic heterocycles. The molecule has 1 N–H and O–H groups in total. The molecule has 0 saturated heterocycles. The van der Waals surface area contributed by atoms with Gasteiger partial charge >= 0.3 is 0 Å². The zero-order valence-electron chi connectivity index (χ0n) is 12.5. The lowest BCUT2D eigenvalue weighted by Gasteiger charge is -2.25. The molecule has 2 aromatic rings. The Morgan fingerprint density at radius 1 is 1.26 bits per heavy atom. The molecule has 0 aliphatic carbocycles. The Labute approximate surface area is 132 Å². The molecule has 0 fully saturated rings. The summed E-state index contributed by atoms with van der Waals surface area (Å²) in [5.41, 5.74) is -0.153. The summed E-state index contributed by atoms with van der Waals surface area (Å²) in [6.07, 6.45) is 1.50. The van der Waals surface area contributed by atoms with Crippen molar-refractivity contribution in [1.29, 1.82) is 0 Å². The highest BCUT2D eigenvalue weighted by atomic mass is 16.6.